The smallest absolute Gasteiger partial charge is 0.869 e. The third-order valence-electron chi connectivity index (χ3n) is 8.85. The molecule has 480 valence electrons. The van der Waals surface area contributed by atoms with Crippen molar-refractivity contribution in [2.45, 2.75) is 165 Å². The summed E-state index contributed by atoms with van der Waals surface area (Å²) in [6.07, 6.45) is -45.3. The molecule has 0 N–H and O–H groups in total. The SMILES string of the molecule is CC1(C)CC(N=[N+]=[N-])CC(C)(C)[N+]1=O.CC1(C)CC(N=[N+]=[N-])CC(C)(C)[N+]1=O.O=C(/C=C(\[O-])C(F)(F)F)C(F)(F)F.O=C(/C=C(\[O-])C(F)(F)F)C(F)(F)F.O=C(/C=C(\[O-])C(F)(F)F)C(F)(F)F.O=C(/C=C(\[O-])C(F)(F)F)C(F)(F)F.[Cu+].[Cu+]. The first-order valence-corrected chi connectivity index (χ1v) is 20.1. The summed E-state index contributed by atoms with van der Waals surface area (Å²) < 4.78 is 273. The number of allylic oxidation sites excluding steroid dienone is 8. The molecule has 0 aromatic heterocycles. The van der Waals surface area contributed by atoms with Gasteiger partial charge in [-0.25, -0.2) is 0 Å². The molecule has 2 rings (SSSR count). The molecule has 18 nitrogen and oxygen atoms in total. The molecule has 0 unspecified atom stereocenters. The van der Waals surface area contributed by atoms with E-state index in [-0.39, 0.29) is 46.2 Å². The summed E-state index contributed by atoms with van der Waals surface area (Å²) in [6, 6.07) is -0.120. The van der Waals surface area contributed by atoms with E-state index in [1.54, 1.807) is 0 Å². The van der Waals surface area contributed by atoms with E-state index in [2.05, 4.69) is 20.1 Å². The van der Waals surface area contributed by atoms with Gasteiger partial charge in [0.15, 0.2) is 0 Å². The van der Waals surface area contributed by atoms with Gasteiger partial charge in [0.1, 0.15) is 0 Å². The molecule has 2 aliphatic heterocycles. The fourth-order valence-corrected chi connectivity index (χ4v) is 5.86. The van der Waals surface area contributed by atoms with Crippen molar-refractivity contribution in [1.29, 1.82) is 0 Å². The minimum Gasteiger partial charge on any atom is -0.869 e. The largest absolute Gasteiger partial charge is 1.00 e. The normalized spacial score (nSPS) is 17.9. The van der Waals surface area contributed by atoms with E-state index in [1.165, 1.54) is 0 Å². The molecular formula is C38H38Cu2F24N8O10. The van der Waals surface area contributed by atoms with Crippen LogP contribution >= 0.6 is 0 Å². The number of piperidine rings is 2. The van der Waals surface area contributed by atoms with Gasteiger partial charge in [0.2, 0.25) is 22.2 Å². The second-order valence-electron chi connectivity index (χ2n) is 17.8. The molecule has 2 aliphatic rings. The Balaban J connectivity index is -0.000000210. The number of alkyl halides is 24. The predicted octanol–water partition coefficient (Wildman–Crippen LogP) is 9.28. The fraction of sp³-hybridized carbons (Fsp3) is 0.684. The van der Waals surface area contributed by atoms with Crippen LogP contribution in [-0.2, 0) is 53.3 Å². The molecule has 82 heavy (non-hydrogen) atoms. The number of nitrogens with zero attached hydrogens (tertiary/aromatic N) is 8. The molecule has 44 heteroatoms. The van der Waals surface area contributed by atoms with Crippen LogP contribution in [0.5, 0.6) is 0 Å². The Morgan fingerprint density at radius 2 is 0.512 bits per heavy atom. The van der Waals surface area contributed by atoms with E-state index in [1.807, 2.05) is 55.4 Å². The van der Waals surface area contributed by atoms with Gasteiger partial charge < -0.3 is 20.4 Å². The van der Waals surface area contributed by atoms with E-state index >= 15 is 0 Å². The summed E-state index contributed by atoms with van der Waals surface area (Å²) in [6.45, 7) is 15.1. The molecule has 0 amide bonds. The number of ketones is 4. The van der Waals surface area contributed by atoms with E-state index in [0.717, 1.165) is 9.52 Å². The number of halogens is 24. The van der Waals surface area contributed by atoms with Crippen molar-refractivity contribution in [3.63, 3.8) is 0 Å². The molecule has 0 spiro atoms. The number of azide groups is 2. The summed E-state index contributed by atoms with van der Waals surface area (Å²) in [7, 11) is 0. The Hall–Kier alpha value is -5.98. The zero-order chi connectivity index (χ0) is 65.4. The van der Waals surface area contributed by atoms with Crippen LogP contribution < -0.4 is 20.4 Å². The van der Waals surface area contributed by atoms with Crippen LogP contribution in [0.2, 0.25) is 0 Å². The minimum absolute atomic E-state index is 0. The van der Waals surface area contributed by atoms with Gasteiger partial charge in [0.25, 0.3) is 23.1 Å². The van der Waals surface area contributed by atoms with Gasteiger partial charge in [-0.05, 0) is 58.4 Å². The van der Waals surface area contributed by atoms with Crippen LogP contribution in [0.3, 0.4) is 0 Å². The first-order chi connectivity index (χ1) is 34.8. The summed E-state index contributed by atoms with van der Waals surface area (Å²) in [5.41, 5.74) is 15.0. The second kappa shape index (κ2) is 31.6. The van der Waals surface area contributed by atoms with E-state index in [4.69, 9.17) is 11.1 Å². The van der Waals surface area contributed by atoms with Crippen LogP contribution in [0.4, 0.5) is 105 Å². The molecule has 0 aromatic carbocycles. The molecule has 0 bridgehead atoms. The molecule has 0 saturated carbocycles. The molecule has 2 heterocycles. The fourth-order valence-electron chi connectivity index (χ4n) is 5.86. The molecule has 2 saturated heterocycles. The first kappa shape index (κ1) is 87.3. The molecule has 0 aliphatic carbocycles. The van der Waals surface area contributed by atoms with Gasteiger partial charge in [-0.2, -0.15) is 105 Å². The van der Waals surface area contributed by atoms with Gasteiger partial charge >= 0.3 is 83.5 Å². The molecular weight excluding hydrogens is 1310 g/mol. The van der Waals surface area contributed by atoms with Gasteiger partial charge in [-0.3, -0.25) is 19.2 Å². The van der Waals surface area contributed by atoms with Crippen LogP contribution in [0.15, 0.2) is 57.6 Å². The maximum absolute atomic E-state index is 11.9. The average Bonchev–Trinajstić information content (AvgIpc) is 3.20. The van der Waals surface area contributed by atoms with Crippen molar-refractivity contribution >= 4 is 23.1 Å². The molecule has 2 fully saturated rings. The Morgan fingerprint density at radius 3 is 0.610 bits per heavy atom. The Labute approximate surface area is 464 Å². The zero-order valence-electron chi connectivity index (χ0n) is 41.6. The van der Waals surface area contributed by atoms with Gasteiger partial charge in [0, 0.05) is 110 Å². The minimum atomic E-state index is -5.46. The Morgan fingerprint density at radius 1 is 0.378 bits per heavy atom. The quantitative estimate of drug-likeness (QED) is 0.0355. The van der Waals surface area contributed by atoms with Gasteiger partial charge in [0.05, 0.1) is 12.1 Å². The summed E-state index contributed by atoms with van der Waals surface area (Å²) in [5.74, 6) is -22.6. The number of hydrogen-bond donors (Lipinski definition) is 0. The van der Waals surface area contributed by atoms with Crippen LogP contribution in [0.25, 0.3) is 20.9 Å². The van der Waals surface area contributed by atoms with Crippen molar-refractivity contribution in [2.24, 2.45) is 10.2 Å². The second-order valence-corrected chi connectivity index (χ2v) is 17.8. The molecule has 0 atom stereocenters. The van der Waals surface area contributed by atoms with Crippen molar-refractivity contribution in [2.75, 3.05) is 0 Å². The monoisotopic (exact) mass is 1350 g/mol. The summed E-state index contributed by atoms with van der Waals surface area (Å²) in [4.78, 5) is 68.7. The third-order valence-corrected chi connectivity index (χ3v) is 8.85. The van der Waals surface area contributed by atoms with Crippen molar-refractivity contribution in [3.8, 4) is 0 Å². The van der Waals surface area contributed by atoms with Gasteiger partial charge in [-0.15, -0.1) is 0 Å². The maximum Gasteiger partial charge on any atom is 1.00 e. The molecule has 0 radical (unpaired) electrons. The van der Waals surface area contributed by atoms with Crippen molar-refractivity contribution < 1.29 is 189 Å². The molecule has 0 aromatic rings. The maximum atomic E-state index is 11.9. The summed E-state index contributed by atoms with van der Waals surface area (Å²) in [5, 5.41) is 46.7. The van der Waals surface area contributed by atoms with Crippen LogP contribution in [-0.4, -0.2) is 116 Å². The van der Waals surface area contributed by atoms with Crippen molar-refractivity contribution in [3.05, 3.63) is 78.0 Å². The van der Waals surface area contributed by atoms with E-state index in [0.29, 0.717) is 25.7 Å². The standard InChI is InChI=1S/2C9H17N4O.4C5H2F6O2.2Cu/c2*1-8(2)5-7(11-12-10)6-9(3,4)13(8)14;4*6-4(7,8)2(12)1-3(13)5(9,10)11;;/h2*7H,5-6H2,1-4H3;4*1,12H;;/q2*+1;;;;;2*+1/p-4/b;;4*2-1-;;. The Bertz CT molecular complexity index is 2130. The van der Waals surface area contributed by atoms with Gasteiger partial charge in [-0.1, -0.05) is 10.2 Å². The zero-order valence-corrected chi connectivity index (χ0v) is 43.5. The number of hydrogen-bond acceptors (Lipinski definition) is 12. The topological polar surface area (TPSA) is 298 Å². The average molecular weight is 1350 g/mol. The van der Waals surface area contributed by atoms with E-state index in [9.17, 15) is 155 Å². The summed E-state index contributed by atoms with van der Waals surface area (Å²) >= 11 is 0. The predicted molar refractivity (Wildman–Crippen MR) is 209 cm³/mol. The number of rotatable bonds is 6. The first-order valence-electron chi connectivity index (χ1n) is 20.1. The number of carbonyl (C=O) groups excluding carboxylic acids is 4. The number of nitroso groups, excluding NO2 is 2. The van der Waals surface area contributed by atoms with Crippen molar-refractivity contribution in [1.82, 2.24) is 0 Å². The third kappa shape index (κ3) is 33.8. The Kier molecular flexibility index (Phi) is 33.6. The van der Waals surface area contributed by atoms with Crippen LogP contribution in [0.1, 0.15) is 81.1 Å². The number of carbonyl (C=O) groups is 4. The van der Waals surface area contributed by atoms with Crippen LogP contribution in [0, 0.1) is 9.81 Å². The van der Waals surface area contributed by atoms with E-state index < -0.39 is 142 Å².